The third kappa shape index (κ3) is 3.52. The largest absolute Gasteiger partial charge is 0.292 e. The summed E-state index contributed by atoms with van der Waals surface area (Å²) in [6.45, 7) is -0.167. The highest BCUT2D eigenvalue weighted by Crippen LogP contribution is 2.32. The number of hydrogen-bond donors (Lipinski definition) is 0. The minimum Gasteiger partial charge on any atom is -0.292 e. The highest BCUT2D eigenvalue weighted by Gasteiger charge is 2.27. The first-order valence-corrected chi connectivity index (χ1v) is 8.20. The minimum atomic E-state index is -0.249. The molecule has 0 aromatic carbocycles. The zero-order valence-electron chi connectivity index (χ0n) is 9.95. The molecule has 0 unspecified atom stereocenters. The molecule has 0 saturated carbocycles. The molecular formula is C12H11Br2NO3S. The van der Waals surface area contributed by atoms with Crippen LogP contribution in [0.5, 0.6) is 0 Å². The van der Waals surface area contributed by atoms with Crippen LogP contribution in [0.3, 0.4) is 0 Å². The predicted octanol–water partition coefficient (Wildman–Crippen LogP) is 3.39. The molecule has 4 nitrogen and oxygen atoms in total. The normalized spacial score (nSPS) is 16.6. The number of rotatable bonds is 3. The second kappa shape index (κ2) is 6.28. The summed E-state index contributed by atoms with van der Waals surface area (Å²) < 4.78 is 1.54. The number of halogens is 2. The average molecular weight is 409 g/mol. The third-order valence-corrected chi connectivity index (χ3v) is 5.23. The van der Waals surface area contributed by atoms with Gasteiger partial charge in [-0.05, 0) is 50.8 Å². The van der Waals surface area contributed by atoms with Crippen LogP contribution in [0.25, 0.3) is 0 Å². The van der Waals surface area contributed by atoms with Crippen molar-refractivity contribution >= 4 is 60.8 Å². The lowest BCUT2D eigenvalue weighted by Crippen LogP contribution is -2.39. The first-order chi connectivity index (χ1) is 8.99. The van der Waals surface area contributed by atoms with E-state index in [0.29, 0.717) is 35.0 Å². The highest BCUT2D eigenvalue weighted by atomic mass is 79.9. The summed E-state index contributed by atoms with van der Waals surface area (Å²) in [6, 6.07) is 1.70. The number of amides is 2. The quantitative estimate of drug-likeness (QED) is 0.569. The van der Waals surface area contributed by atoms with E-state index in [1.807, 2.05) is 0 Å². The fraction of sp³-hybridized carbons (Fsp3) is 0.417. The minimum absolute atomic E-state index is 0.167. The Morgan fingerprint density at radius 1 is 1.21 bits per heavy atom. The second-order valence-electron chi connectivity index (χ2n) is 4.24. The molecule has 1 aliphatic heterocycles. The molecule has 2 amide bonds. The van der Waals surface area contributed by atoms with Crippen molar-refractivity contribution in [1.29, 1.82) is 0 Å². The van der Waals surface area contributed by atoms with Crippen molar-refractivity contribution in [2.75, 3.05) is 6.54 Å². The van der Waals surface area contributed by atoms with Crippen LogP contribution < -0.4 is 0 Å². The van der Waals surface area contributed by atoms with E-state index in [9.17, 15) is 14.4 Å². The third-order valence-electron chi connectivity index (χ3n) is 2.89. The highest BCUT2D eigenvalue weighted by molar-refractivity contribution is 9.12. The molecule has 0 N–H and O–H groups in total. The van der Waals surface area contributed by atoms with Gasteiger partial charge >= 0.3 is 0 Å². The molecule has 1 aromatic heterocycles. The van der Waals surface area contributed by atoms with E-state index in [1.54, 1.807) is 6.07 Å². The van der Waals surface area contributed by atoms with Crippen molar-refractivity contribution in [2.24, 2.45) is 0 Å². The summed E-state index contributed by atoms with van der Waals surface area (Å²) in [6.07, 6.45) is 2.10. The molecule has 7 heteroatoms. The van der Waals surface area contributed by atoms with Crippen LogP contribution in [-0.4, -0.2) is 29.0 Å². The van der Waals surface area contributed by atoms with Crippen LogP contribution in [0, 0.1) is 0 Å². The van der Waals surface area contributed by atoms with E-state index in [0.717, 1.165) is 8.69 Å². The van der Waals surface area contributed by atoms with Gasteiger partial charge in [-0.15, -0.1) is 11.3 Å². The number of Topliss-reactive ketones (excluding diaryl/α,β-unsaturated/α-hetero) is 1. The van der Waals surface area contributed by atoms with E-state index in [-0.39, 0.29) is 24.1 Å². The van der Waals surface area contributed by atoms with Crippen LogP contribution in [-0.2, 0) is 9.59 Å². The zero-order valence-corrected chi connectivity index (χ0v) is 13.9. The molecule has 0 aliphatic carbocycles. The lowest BCUT2D eigenvalue weighted by molar-refractivity contribution is -0.143. The van der Waals surface area contributed by atoms with Gasteiger partial charge in [0.1, 0.15) is 0 Å². The van der Waals surface area contributed by atoms with Crippen molar-refractivity contribution in [3.8, 4) is 0 Å². The van der Waals surface area contributed by atoms with Gasteiger partial charge < -0.3 is 0 Å². The Morgan fingerprint density at radius 3 is 2.26 bits per heavy atom. The number of hydrogen-bond acceptors (Lipinski definition) is 4. The van der Waals surface area contributed by atoms with Gasteiger partial charge in [0.05, 0.1) is 14.1 Å². The number of imide groups is 1. The summed E-state index contributed by atoms with van der Waals surface area (Å²) in [5.41, 5.74) is 0.502. The Balaban J connectivity index is 2.15. The fourth-order valence-corrected chi connectivity index (χ4v) is 4.75. The number of carbonyl (C=O) groups is 3. The molecule has 0 spiro atoms. The fourth-order valence-electron chi connectivity index (χ4n) is 1.90. The maximum atomic E-state index is 12.2. The van der Waals surface area contributed by atoms with Crippen molar-refractivity contribution in [1.82, 2.24) is 4.90 Å². The first-order valence-electron chi connectivity index (χ1n) is 5.80. The molecule has 2 heterocycles. The molecule has 0 atom stereocenters. The SMILES string of the molecule is O=C(CN1C(=O)CCCCC1=O)c1cc(Br)sc1Br. The number of nitrogens with zero attached hydrogens (tertiary/aromatic N) is 1. The van der Waals surface area contributed by atoms with Gasteiger partial charge in [-0.2, -0.15) is 0 Å². The Labute approximate surface area is 131 Å². The molecule has 19 heavy (non-hydrogen) atoms. The Morgan fingerprint density at radius 2 is 1.79 bits per heavy atom. The maximum Gasteiger partial charge on any atom is 0.229 e. The lowest BCUT2D eigenvalue weighted by atomic mass is 10.2. The van der Waals surface area contributed by atoms with Gasteiger partial charge in [0.15, 0.2) is 5.78 Å². The summed E-state index contributed by atoms with van der Waals surface area (Å²) in [7, 11) is 0. The number of likely N-dealkylation sites (tertiary alicyclic amines) is 1. The number of carbonyl (C=O) groups excluding carboxylic acids is 3. The number of ketones is 1. The smallest absolute Gasteiger partial charge is 0.229 e. The summed E-state index contributed by atoms with van der Waals surface area (Å²) >= 11 is 8.00. The van der Waals surface area contributed by atoms with Crippen molar-refractivity contribution in [2.45, 2.75) is 25.7 Å². The van der Waals surface area contributed by atoms with E-state index >= 15 is 0 Å². The maximum absolute atomic E-state index is 12.2. The van der Waals surface area contributed by atoms with Crippen molar-refractivity contribution in [3.63, 3.8) is 0 Å². The topological polar surface area (TPSA) is 54.5 Å². The summed E-state index contributed by atoms with van der Waals surface area (Å²) in [5.74, 6) is -0.722. The van der Waals surface area contributed by atoms with Gasteiger partial charge in [0.2, 0.25) is 11.8 Å². The molecule has 0 bridgehead atoms. The van der Waals surface area contributed by atoms with Crippen LogP contribution >= 0.6 is 43.2 Å². The lowest BCUT2D eigenvalue weighted by Gasteiger charge is -2.17. The monoisotopic (exact) mass is 407 g/mol. The van der Waals surface area contributed by atoms with Gasteiger partial charge in [0, 0.05) is 18.4 Å². The molecule has 1 aliphatic rings. The standard InChI is InChI=1S/C12H11Br2NO3S/c13-9-5-7(12(14)19-9)8(16)6-15-10(17)3-1-2-4-11(15)18/h5H,1-4,6H2. The number of thiophene rings is 1. The molecule has 1 saturated heterocycles. The predicted molar refractivity (Wildman–Crippen MR) is 79.2 cm³/mol. The van der Waals surface area contributed by atoms with Crippen molar-refractivity contribution < 1.29 is 14.4 Å². The summed E-state index contributed by atoms with van der Waals surface area (Å²) in [4.78, 5) is 36.9. The van der Waals surface area contributed by atoms with Crippen LogP contribution in [0.15, 0.2) is 13.6 Å². The Bertz CT molecular complexity index is 523. The zero-order chi connectivity index (χ0) is 14.0. The van der Waals surface area contributed by atoms with Gasteiger partial charge in [-0.1, -0.05) is 0 Å². The van der Waals surface area contributed by atoms with Gasteiger partial charge in [-0.3, -0.25) is 19.3 Å². The van der Waals surface area contributed by atoms with Crippen LogP contribution in [0.2, 0.25) is 0 Å². The Hall–Kier alpha value is -0.530. The summed E-state index contributed by atoms with van der Waals surface area (Å²) in [5, 5.41) is 0. The molecule has 2 rings (SSSR count). The molecule has 0 radical (unpaired) electrons. The molecule has 102 valence electrons. The molecule has 1 fully saturated rings. The van der Waals surface area contributed by atoms with Crippen molar-refractivity contribution in [3.05, 3.63) is 19.2 Å². The molecular weight excluding hydrogens is 398 g/mol. The van der Waals surface area contributed by atoms with E-state index in [4.69, 9.17) is 0 Å². The first kappa shape index (κ1) is 14.9. The van der Waals surface area contributed by atoms with E-state index < -0.39 is 0 Å². The van der Waals surface area contributed by atoms with Gasteiger partial charge in [-0.25, -0.2) is 0 Å². The Kier molecular flexibility index (Phi) is 4.92. The van der Waals surface area contributed by atoms with Crippen LogP contribution in [0.4, 0.5) is 0 Å². The average Bonchev–Trinajstić information content (AvgIpc) is 2.61. The molecule has 1 aromatic rings. The second-order valence-corrected chi connectivity index (χ2v) is 7.99. The van der Waals surface area contributed by atoms with E-state index in [2.05, 4.69) is 31.9 Å². The van der Waals surface area contributed by atoms with Gasteiger partial charge in [0.25, 0.3) is 0 Å². The van der Waals surface area contributed by atoms with E-state index in [1.165, 1.54) is 11.3 Å². The van der Waals surface area contributed by atoms with Crippen LogP contribution in [0.1, 0.15) is 36.0 Å².